The molecule has 2 amide bonds. The van der Waals surface area contributed by atoms with Crippen LogP contribution < -0.4 is 16.4 Å². The van der Waals surface area contributed by atoms with E-state index in [1.165, 1.54) is 0 Å². The normalized spacial score (nSPS) is 21.4. The average Bonchev–Trinajstić information content (AvgIpc) is 3.67. The van der Waals surface area contributed by atoms with E-state index in [9.17, 15) is 14.4 Å². The molecule has 2 aromatic carbocycles. The molecule has 2 unspecified atom stereocenters. The van der Waals surface area contributed by atoms with E-state index in [0.29, 0.717) is 49.2 Å². The Balaban J connectivity index is 1.15. The molecule has 50 heavy (non-hydrogen) atoms. The summed E-state index contributed by atoms with van der Waals surface area (Å²) in [6.07, 6.45) is 5.92. The summed E-state index contributed by atoms with van der Waals surface area (Å²) in [5, 5.41) is 20.5. The van der Waals surface area contributed by atoms with Gasteiger partial charge >= 0.3 is 0 Å². The number of nitrogens with zero attached hydrogens (tertiary/aromatic N) is 5. The summed E-state index contributed by atoms with van der Waals surface area (Å²) in [5.41, 5.74) is 11.6. The molecule has 12 nitrogen and oxygen atoms in total. The number of ketones is 1. The first-order valence-corrected chi connectivity index (χ1v) is 17.7. The minimum Gasteiger partial charge on any atom is -0.334 e. The first-order valence-electron chi connectivity index (χ1n) is 17.7. The number of hydrogen-bond acceptors (Lipinski definition) is 9. The summed E-state index contributed by atoms with van der Waals surface area (Å²) in [6.45, 7) is 8.12. The third kappa shape index (κ3) is 8.48. The van der Waals surface area contributed by atoms with Crippen molar-refractivity contribution >= 4 is 23.3 Å². The Labute approximate surface area is 293 Å². The fourth-order valence-corrected chi connectivity index (χ4v) is 7.35. The molecule has 3 heterocycles. The zero-order chi connectivity index (χ0) is 35.2. The SMILES string of the molecule is Cc1cc(C(=O)N2CC(C)NC(C)C2)ncc1-c1ccc(C[C@H](CC(=O)C2CCC(CN)CC2)C(=O)Nc2ccc(-c3nn[nH]n3)cc2)cc1. The van der Waals surface area contributed by atoms with E-state index < -0.39 is 5.92 Å². The lowest BCUT2D eigenvalue weighted by atomic mass is 9.77. The molecule has 0 radical (unpaired) electrons. The topological polar surface area (TPSA) is 172 Å². The number of aromatic nitrogens is 5. The molecule has 1 saturated carbocycles. The van der Waals surface area contributed by atoms with Crippen LogP contribution in [0.4, 0.5) is 5.69 Å². The highest BCUT2D eigenvalue weighted by atomic mass is 16.2. The van der Waals surface area contributed by atoms with Crippen molar-refractivity contribution in [2.45, 2.75) is 71.4 Å². The lowest BCUT2D eigenvalue weighted by molar-refractivity contribution is -0.129. The maximum atomic E-state index is 13.8. The van der Waals surface area contributed by atoms with Gasteiger partial charge in [-0.25, -0.2) is 0 Å². The van der Waals surface area contributed by atoms with Crippen molar-refractivity contribution in [3.8, 4) is 22.5 Å². The van der Waals surface area contributed by atoms with Crippen molar-refractivity contribution in [2.75, 3.05) is 25.0 Å². The van der Waals surface area contributed by atoms with E-state index >= 15 is 0 Å². The second-order valence-corrected chi connectivity index (χ2v) is 14.1. The zero-order valence-electron chi connectivity index (χ0n) is 29.1. The predicted octanol–water partition coefficient (Wildman–Crippen LogP) is 4.58. The van der Waals surface area contributed by atoms with Gasteiger partial charge in [-0.3, -0.25) is 19.4 Å². The van der Waals surface area contributed by atoms with Crippen LogP contribution in [0.5, 0.6) is 0 Å². The molecule has 1 aliphatic heterocycles. The van der Waals surface area contributed by atoms with Crippen LogP contribution in [0.25, 0.3) is 22.5 Å². The molecular formula is C38H47N9O3. The highest BCUT2D eigenvalue weighted by molar-refractivity contribution is 5.96. The Bertz CT molecular complexity index is 1760. The number of piperazine rings is 1. The van der Waals surface area contributed by atoms with Crippen LogP contribution >= 0.6 is 0 Å². The summed E-state index contributed by atoms with van der Waals surface area (Å²) in [5.74, 6) is 0.265. The molecule has 2 aromatic heterocycles. The van der Waals surface area contributed by atoms with Gasteiger partial charge in [-0.05, 0) is 118 Å². The number of benzene rings is 2. The number of pyridine rings is 1. The van der Waals surface area contributed by atoms with E-state index in [4.69, 9.17) is 5.73 Å². The first kappa shape index (κ1) is 35.0. The maximum Gasteiger partial charge on any atom is 0.272 e. The number of H-pyrrole nitrogens is 1. The minimum atomic E-state index is -0.540. The molecule has 0 spiro atoms. The largest absolute Gasteiger partial charge is 0.334 e. The second-order valence-electron chi connectivity index (χ2n) is 14.1. The number of anilines is 1. The third-order valence-electron chi connectivity index (χ3n) is 10.1. The van der Waals surface area contributed by atoms with Gasteiger partial charge in [0.05, 0.1) is 0 Å². The molecular weight excluding hydrogens is 630 g/mol. The van der Waals surface area contributed by atoms with Crippen molar-refractivity contribution in [3.05, 3.63) is 77.6 Å². The number of amides is 2. The predicted molar refractivity (Wildman–Crippen MR) is 192 cm³/mol. The van der Waals surface area contributed by atoms with E-state index in [1.54, 1.807) is 18.3 Å². The fraction of sp³-hybridized carbons (Fsp3) is 0.447. The van der Waals surface area contributed by atoms with Crippen LogP contribution in [0.1, 0.15) is 67.6 Å². The maximum absolute atomic E-state index is 13.8. The number of nitrogens with one attached hydrogen (secondary N) is 3. The van der Waals surface area contributed by atoms with Gasteiger partial charge in [0, 0.05) is 66.4 Å². The number of rotatable bonds is 11. The smallest absolute Gasteiger partial charge is 0.272 e. The number of carbonyl (C=O) groups is 3. The van der Waals surface area contributed by atoms with Gasteiger partial charge in [-0.2, -0.15) is 5.21 Å². The van der Waals surface area contributed by atoms with Crippen LogP contribution in [0.2, 0.25) is 0 Å². The third-order valence-corrected chi connectivity index (χ3v) is 10.1. The Hall–Kier alpha value is -4.81. The van der Waals surface area contributed by atoms with Gasteiger partial charge < -0.3 is 21.3 Å². The van der Waals surface area contributed by atoms with Gasteiger partial charge in [0.2, 0.25) is 11.7 Å². The van der Waals surface area contributed by atoms with E-state index in [2.05, 4.69) is 50.1 Å². The molecule has 2 aliphatic rings. The molecule has 6 rings (SSSR count). The van der Waals surface area contributed by atoms with Crippen LogP contribution in [0, 0.1) is 24.7 Å². The first-order chi connectivity index (χ1) is 24.2. The molecule has 1 saturated heterocycles. The average molecular weight is 678 g/mol. The Morgan fingerprint density at radius 1 is 0.960 bits per heavy atom. The molecule has 3 atom stereocenters. The summed E-state index contributed by atoms with van der Waals surface area (Å²) in [4.78, 5) is 47.0. The summed E-state index contributed by atoms with van der Waals surface area (Å²) in [6, 6.07) is 17.6. The van der Waals surface area contributed by atoms with Gasteiger partial charge in [-0.15, -0.1) is 10.2 Å². The summed E-state index contributed by atoms with van der Waals surface area (Å²) < 4.78 is 0. The number of Topliss-reactive ketones (excluding diaryl/α,β-unsaturated/α-hetero) is 1. The van der Waals surface area contributed by atoms with Crippen LogP contribution in [0.3, 0.4) is 0 Å². The summed E-state index contributed by atoms with van der Waals surface area (Å²) >= 11 is 0. The fourth-order valence-electron chi connectivity index (χ4n) is 7.35. The van der Waals surface area contributed by atoms with Crippen LogP contribution in [-0.4, -0.2) is 79.8 Å². The number of hydrogen-bond donors (Lipinski definition) is 4. The van der Waals surface area contributed by atoms with Gasteiger partial charge in [0.25, 0.3) is 5.91 Å². The molecule has 5 N–H and O–H groups in total. The molecule has 1 aliphatic carbocycles. The van der Waals surface area contributed by atoms with Gasteiger partial charge in [0.15, 0.2) is 0 Å². The molecule has 0 bridgehead atoms. The number of carbonyl (C=O) groups excluding carboxylic acids is 3. The van der Waals surface area contributed by atoms with Crippen molar-refractivity contribution in [2.24, 2.45) is 23.5 Å². The van der Waals surface area contributed by atoms with Crippen LogP contribution in [0.15, 0.2) is 60.8 Å². The molecule has 4 aromatic rings. The monoisotopic (exact) mass is 677 g/mol. The highest BCUT2D eigenvalue weighted by Crippen LogP contribution is 2.32. The minimum absolute atomic E-state index is 0.0339. The van der Waals surface area contributed by atoms with Crippen molar-refractivity contribution in [1.82, 2.24) is 35.8 Å². The molecule has 2 fully saturated rings. The van der Waals surface area contributed by atoms with Crippen LogP contribution in [-0.2, 0) is 16.0 Å². The van der Waals surface area contributed by atoms with E-state index in [0.717, 1.165) is 53.5 Å². The Kier molecular flexibility index (Phi) is 11.1. The van der Waals surface area contributed by atoms with Crippen molar-refractivity contribution in [1.29, 1.82) is 0 Å². The van der Waals surface area contributed by atoms with E-state index in [1.807, 2.05) is 54.3 Å². The van der Waals surface area contributed by atoms with E-state index in [-0.39, 0.29) is 42.0 Å². The van der Waals surface area contributed by atoms with Crippen molar-refractivity contribution in [3.63, 3.8) is 0 Å². The number of tetrazole rings is 1. The second kappa shape index (κ2) is 15.8. The quantitative estimate of drug-likeness (QED) is 0.177. The lowest BCUT2D eigenvalue weighted by Gasteiger charge is -2.36. The molecule has 12 heteroatoms. The molecule has 262 valence electrons. The Morgan fingerprint density at radius 2 is 1.64 bits per heavy atom. The van der Waals surface area contributed by atoms with Gasteiger partial charge in [-0.1, -0.05) is 24.3 Å². The Morgan fingerprint density at radius 3 is 2.26 bits per heavy atom. The van der Waals surface area contributed by atoms with Gasteiger partial charge in [0.1, 0.15) is 11.5 Å². The number of aromatic amines is 1. The lowest BCUT2D eigenvalue weighted by Crippen LogP contribution is -2.55. The standard InChI is InChI=1S/C38H47N9O3/c1-23-16-34(38(50)47-21-24(2)41-25(3)22-47)40-20-33(23)28-8-4-26(5-9-28)17-31(18-35(48)29-10-6-27(19-39)7-11-29)37(49)42-32-14-12-30(13-15-32)36-43-45-46-44-36/h4-5,8-9,12-16,20,24-25,27,29,31,41H,6-7,10-11,17-19,21-22,39H2,1-3H3,(H,42,49)(H,43,44,45,46)/t24?,25?,27?,29?,31-/m1/s1. The number of nitrogens with two attached hydrogens (primary N) is 1. The zero-order valence-corrected chi connectivity index (χ0v) is 29.1. The summed E-state index contributed by atoms with van der Waals surface area (Å²) in [7, 11) is 0. The number of aryl methyl sites for hydroxylation is 1. The highest BCUT2D eigenvalue weighted by Gasteiger charge is 2.30. The van der Waals surface area contributed by atoms with Crippen molar-refractivity contribution < 1.29 is 14.4 Å².